The topological polar surface area (TPSA) is 49.4 Å². The highest BCUT2D eigenvalue weighted by molar-refractivity contribution is 6.02. The summed E-state index contributed by atoms with van der Waals surface area (Å²) < 4.78 is 0. The summed E-state index contributed by atoms with van der Waals surface area (Å²) in [6.45, 7) is 0.426. The number of hydrogen-bond donors (Lipinski definition) is 1. The van der Waals surface area contributed by atoms with Gasteiger partial charge in [0.2, 0.25) is 5.91 Å². The molecule has 0 saturated carbocycles. The highest BCUT2D eigenvalue weighted by atomic mass is 16.2. The molecular weight excluding hydrogens is 228 g/mol. The molecule has 1 N–H and O–H groups in total. The third-order valence-electron chi connectivity index (χ3n) is 3.15. The number of urea groups is 1. The average Bonchev–Trinajstić information content (AvgIpc) is 2.71. The molecule has 4 nitrogen and oxygen atoms in total. The number of rotatable bonds is 2. The van der Waals surface area contributed by atoms with Crippen molar-refractivity contribution >= 4 is 22.7 Å². The fourth-order valence-electron chi connectivity index (χ4n) is 2.22. The first-order valence-corrected chi connectivity index (χ1v) is 5.80. The van der Waals surface area contributed by atoms with E-state index in [1.54, 1.807) is 0 Å². The zero-order valence-electron chi connectivity index (χ0n) is 9.72. The van der Waals surface area contributed by atoms with Gasteiger partial charge in [-0.1, -0.05) is 42.5 Å². The molecule has 0 bridgehead atoms. The van der Waals surface area contributed by atoms with Gasteiger partial charge in [0, 0.05) is 0 Å². The van der Waals surface area contributed by atoms with Gasteiger partial charge in [0.15, 0.2) is 0 Å². The minimum absolute atomic E-state index is 0.101. The van der Waals surface area contributed by atoms with Gasteiger partial charge in [-0.25, -0.2) is 4.79 Å². The minimum atomic E-state index is -0.312. The van der Waals surface area contributed by atoms with E-state index in [-0.39, 0.29) is 18.5 Å². The van der Waals surface area contributed by atoms with E-state index < -0.39 is 0 Å². The van der Waals surface area contributed by atoms with E-state index in [0.717, 1.165) is 16.3 Å². The van der Waals surface area contributed by atoms with Crippen molar-refractivity contribution in [3.8, 4) is 0 Å². The lowest BCUT2D eigenvalue weighted by molar-refractivity contribution is -0.125. The van der Waals surface area contributed by atoms with Crippen LogP contribution in [-0.4, -0.2) is 23.4 Å². The molecule has 3 amide bonds. The zero-order valence-corrected chi connectivity index (χ0v) is 9.72. The van der Waals surface area contributed by atoms with Crippen molar-refractivity contribution in [3.05, 3.63) is 48.0 Å². The molecule has 0 aromatic heterocycles. The monoisotopic (exact) mass is 240 g/mol. The van der Waals surface area contributed by atoms with E-state index in [0.29, 0.717) is 6.54 Å². The van der Waals surface area contributed by atoms with Crippen molar-refractivity contribution in [1.82, 2.24) is 10.2 Å². The maximum absolute atomic E-state index is 11.6. The molecule has 0 aliphatic carbocycles. The molecule has 0 unspecified atom stereocenters. The summed E-state index contributed by atoms with van der Waals surface area (Å²) >= 11 is 0. The Morgan fingerprint density at radius 1 is 1.06 bits per heavy atom. The van der Waals surface area contributed by atoms with Crippen molar-refractivity contribution in [2.24, 2.45) is 0 Å². The van der Waals surface area contributed by atoms with Gasteiger partial charge < -0.3 is 5.32 Å². The highest BCUT2D eigenvalue weighted by Gasteiger charge is 2.28. The number of nitrogens with zero attached hydrogens (tertiary/aromatic N) is 1. The second kappa shape index (κ2) is 4.14. The molecule has 2 aromatic rings. The SMILES string of the molecule is O=C1CNC(=O)N1Cc1cccc2ccccc12. The first kappa shape index (κ1) is 10.8. The molecule has 18 heavy (non-hydrogen) atoms. The molecule has 2 aromatic carbocycles. The van der Waals surface area contributed by atoms with Gasteiger partial charge in [0.25, 0.3) is 0 Å². The molecule has 1 aliphatic heterocycles. The lowest BCUT2D eigenvalue weighted by Crippen LogP contribution is -2.30. The molecule has 0 atom stereocenters. The number of carbonyl (C=O) groups is 2. The van der Waals surface area contributed by atoms with E-state index in [9.17, 15) is 9.59 Å². The van der Waals surface area contributed by atoms with Crippen LogP contribution in [0.2, 0.25) is 0 Å². The summed E-state index contributed by atoms with van der Waals surface area (Å²) in [5.74, 6) is -0.173. The summed E-state index contributed by atoms with van der Waals surface area (Å²) in [5.41, 5.74) is 0.985. The Morgan fingerprint density at radius 2 is 1.83 bits per heavy atom. The van der Waals surface area contributed by atoms with Crippen LogP contribution in [-0.2, 0) is 11.3 Å². The molecule has 3 rings (SSSR count). The quantitative estimate of drug-likeness (QED) is 0.815. The molecule has 4 heteroatoms. The van der Waals surface area contributed by atoms with Crippen molar-refractivity contribution in [3.63, 3.8) is 0 Å². The predicted molar refractivity (Wildman–Crippen MR) is 67.9 cm³/mol. The van der Waals surface area contributed by atoms with Crippen molar-refractivity contribution in [2.75, 3.05) is 6.54 Å². The van der Waals surface area contributed by atoms with Crippen LogP contribution in [0, 0.1) is 0 Å². The van der Waals surface area contributed by atoms with E-state index in [1.807, 2.05) is 42.5 Å². The normalized spacial score (nSPS) is 15.2. The molecule has 1 saturated heterocycles. The Kier molecular flexibility index (Phi) is 2.48. The predicted octanol–water partition coefficient (Wildman–Crippen LogP) is 1.89. The maximum atomic E-state index is 11.6. The second-order valence-electron chi connectivity index (χ2n) is 4.28. The van der Waals surface area contributed by atoms with Crippen LogP contribution in [0.25, 0.3) is 10.8 Å². The van der Waals surface area contributed by atoms with E-state index in [2.05, 4.69) is 5.32 Å². The van der Waals surface area contributed by atoms with Gasteiger partial charge in [-0.15, -0.1) is 0 Å². The van der Waals surface area contributed by atoms with E-state index in [1.165, 1.54) is 4.90 Å². The largest absolute Gasteiger partial charge is 0.329 e. The summed E-state index contributed by atoms with van der Waals surface area (Å²) in [7, 11) is 0. The van der Waals surface area contributed by atoms with Crippen LogP contribution in [0.1, 0.15) is 5.56 Å². The van der Waals surface area contributed by atoms with Gasteiger partial charge in [-0.2, -0.15) is 0 Å². The van der Waals surface area contributed by atoms with Crippen LogP contribution in [0.5, 0.6) is 0 Å². The van der Waals surface area contributed by atoms with Gasteiger partial charge in [-0.05, 0) is 16.3 Å². The Balaban J connectivity index is 2.00. The summed E-state index contributed by atoms with van der Waals surface area (Å²) in [6, 6.07) is 13.5. The molecule has 1 fully saturated rings. The number of hydrogen-bond acceptors (Lipinski definition) is 2. The lowest BCUT2D eigenvalue weighted by Gasteiger charge is -2.14. The van der Waals surface area contributed by atoms with Gasteiger partial charge >= 0.3 is 6.03 Å². The molecule has 1 heterocycles. The van der Waals surface area contributed by atoms with Crippen LogP contribution in [0.15, 0.2) is 42.5 Å². The van der Waals surface area contributed by atoms with Crippen molar-refractivity contribution in [2.45, 2.75) is 6.54 Å². The molecule has 0 radical (unpaired) electrons. The summed E-state index contributed by atoms with van der Waals surface area (Å²) in [5, 5.41) is 4.71. The maximum Gasteiger partial charge on any atom is 0.324 e. The number of fused-ring (bicyclic) bond motifs is 1. The van der Waals surface area contributed by atoms with E-state index in [4.69, 9.17) is 0 Å². The number of amides is 3. The van der Waals surface area contributed by atoms with Gasteiger partial charge in [0.1, 0.15) is 0 Å². The van der Waals surface area contributed by atoms with Crippen LogP contribution >= 0.6 is 0 Å². The second-order valence-corrected chi connectivity index (χ2v) is 4.28. The summed E-state index contributed by atoms with van der Waals surface area (Å²) in [6.07, 6.45) is 0. The molecule has 1 aliphatic rings. The van der Waals surface area contributed by atoms with E-state index >= 15 is 0 Å². The number of benzene rings is 2. The van der Waals surface area contributed by atoms with Gasteiger partial charge in [0.05, 0.1) is 13.1 Å². The molecule has 0 spiro atoms. The van der Waals surface area contributed by atoms with Crippen LogP contribution in [0.3, 0.4) is 0 Å². The Bertz CT molecular complexity index is 615. The Labute approximate surface area is 104 Å². The Morgan fingerprint density at radius 3 is 2.61 bits per heavy atom. The minimum Gasteiger partial charge on any atom is -0.329 e. The highest BCUT2D eigenvalue weighted by Crippen LogP contribution is 2.20. The zero-order chi connectivity index (χ0) is 12.5. The Hall–Kier alpha value is -2.36. The van der Waals surface area contributed by atoms with Gasteiger partial charge in [-0.3, -0.25) is 9.69 Å². The number of carbonyl (C=O) groups excluding carboxylic acids is 2. The smallest absolute Gasteiger partial charge is 0.324 e. The third-order valence-corrected chi connectivity index (χ3v) is 3.15. The number of nitrogens with one attached hydrogen (secondary N) is 1. The third kappa shape index (κ3) is 1.72. The van der Waals surface area contributed by atoms with Crippen LogP contribution < -0.4 is 5.32 Å². The standard InChI is InChI=1S/C14H12N2O2/c17-13-8-15-14(18)16(13)9-11-6-3-5-10-4-1-2-7-12(10)11/h1-7H,8-9H2,(H,15,18). The lowest BCUT2D eigenvalue weighted by atomic mass is 10.0. The van der Waals surface area contributed by atoms with Crippen molar-refractivity contribution in [1.29, 1.82) is 0 Å². The fourth-order valence-corrected chi connectivity index (χ4v) is 2.22. The number of imide groups is 1. The van der Waals surface area contributed by atoms with Crippen LogP contribution in [0.4, 0.5) is 4.79 Å². The first-order valence-electron chi connectivity index (χ1n) is 5.80. The average molecular weight is 240 g/mol. The molecule has 90 valence electrons. The first-order chi connectivity index (χ1) is 8.75. The summed E-state index contributed by atoms with van der Waals surface area (Å²) in [4.78, 5) is 24.3. The fraction of sp³-hybridized carbons (Fsp3) is 0.143. The van der Waals surface area contributed by atoms with Crippen molar-refractivity contribution < 1.29 is 9.59 Å². The molecular formula is C14H12N2O2.